The van der Waals surface area contributed by atoms with E-state index in [1.807, 2.05) is 12.1 Å². The molecule has 1 fully saturated rings. The van der Waals surface area contributed by atoms with E-state index in [1.54, 1.807) is 0 Å². The topological polar surface area (TPSA) is 71.0 Å². The Hall–Kier alpha value is -1.76. The average molecular weight is 339 g/mol. The zero-order valence-corrected chi connectivity index (χ0v) is 14.4. The summed E-state index contributed by atoms with van der Waals surface area (Å²) in [5, 5.41) is 0. The Morgan fingerprint density at radius 3 is 2.83 bits per heavy atom. The first kappa shape index (κ1) is 17.6. The van der Waals surface area contributed by atoms with Gasteiger partial charge in [0.1, 0.15) is 5.75 Å². The molecule has 0 aromatic heterocycles. The van der Waals surface area contributed by atoms with E-state index in [1.165, 1.54) is 31.3 Å². The Bertz CT molecular complexity index is 611. The first-order chi connectivity index (χ1) is 11.0. The number of nitrogens with one attached hydrogen (secondary N) is 1. The second-order valence-corrected chi connectivity index (χ2v) is 7.45. The molecule has 1 aromatic rings. The largest absolute Gasteiger partial charge is 0.493 e. The van der Waals surface area contributed by atoms with Gasteiger partial charge in [0.25, 0.3) is 0 Å². The second kappa shape index (κ2) is 8.76. The molecule has 1 aliphatic heterocycles. The summed E-state index contributed by atoms with van der Waals surface area (Å²) in [6, 6.07) is 8.19. The number of ether oxygens (including phenoxy) is 1. The number of benzene rings is 1. The lowest BCUT2D eigenvalue weighted by atomic mass is 10.1. The molecule has 0 radical (unpaired) electrons. The smallest absolute Gasteiger partial charge is 0.230 e. The van der Waals surface area contributed by atoms with Gasteiger partial charge in [-0.15, -0.1) is 0 Å². The Balaban J connectivity index is 1.71. The van der Waals surface area contributed by atoms with Crippen molar-refractivity contribution in [1.29, 1.82) is 0 Å². The molecule has 128 valence electrons. The van der Waals surface area contributed by atoms with Crippen LogP contribution in [0.1, 0.15) is 25.7 Å². The summed E-state index contributed by atoms with van der Waals surface area (Å²) in [6.07, 6.45) is 6.87. The number of aliphatic imine (C=N–C) groups is 1. The lowest BCUT2D eigenvalue weighted by molar-refractivity contribution is 0.313. The minimum atomic E-state index is -3.21. The van der Waals surface area contributed by atoms with E-state index in [4.69, 9.17) is 4.74 Å². The van der Waals surface area contributed by atoms with Crippen molar-refractivity contribution < 1.29 is 13.2 Å². The van der Waals surface area contributed by atoms with E-state index >= 15 is 0 Å². The van der Waals surface area contributed by atoms with Crippen molar-refractivity contribution in [3.05, 3.63) is 24.3 Å². The molecule has 1 N–H and O–H groups in total. The molecule has 23 heavy (non-hydrogen) atoms. The maximum absolute atomic E-state index is 10.8. The summed E-state index contributed by atoms with van der Waals surface area (Å²) in [5.74, 6) is 0.867. The Morgan fingerprint density at radius 2 is 2.09 bits per heavy atom. The molecule has 0 bridgehead atoms. The number of hydrogen-bond acceptors (Lipinski definition) is 5. The monoisotopic (exact) mass is 339 g/mol. The van der Waals surface area contributed by atoms with Gasteiger partial charge in [-0.1, -0.05) is 6.07 Å². The fraction of sp³-hybridized carbons (Fsp3) is 0.562. The van der Waals surface area contributed by atoms with Gasteiger partial charge in [-0.2, -0.15) is 0 Å². The number of piperidine rings is 1. The van der Waals surface area contributed by atoms with E-state index < -0.39 is 10.0 Å². The first-order valence-electron chi connectivity index (χ1n) is 7.98. The van der Waals surface area contributed by atoms with E-state index in [9.17, 15) is 8.42 Å². The SMILES string of the molecule is CS(=O)(=O)NC=NCCCOc1cccc(N2CCCCC2)c1. The van der Waals surface area contributed by atoms with Crippen molar-refractivity contribution in [2.24, 2.45) is 4.99 Å². The van der Waals surface area contributed by atoms with Gasteiger partial charge in [0.2, 0.25) is 10.0 Å². The molecule has 0 atom stereocenters. The van der Waals surface area contributed by atoms with Crippen molar-refractivity contribution >= 4 is 22.0 Å². The van der Waals surface area contributed by atoms with E-state index in [2.05, 4.69) is 26.7 Å². The van der Waals surface area contributed by atoms with Crippen LogP contribution in [0, 0.1) is 0 Å². The summed E-state index contributed by atoms with van der Waals surface area (Å²) < 4.78 is 29.6. The molecule has 6 nitrogen and oxygen atoms in total. The zero-order chi connectivity index (χ0) is 16.5. The van der Waals surface area contributed by atoms with Gasteiger partial charge in [0.05, 0.1) is 19.2 Å². The van der Waals surface area contributed by atoms with E-state index in [0.29, 0.717) is 13.2 Å². The van der Waals surface area contributed by atoms with E-state index in [-0.39, 0.29) is 0 Å². The maximum Gasteiger partial charge on any atom is 0.230 e. The van der Waals surface area contributed by atoms with Crippen LogP contribution in [0.4, 0.5) is 5.69 Å². The molecule has 1 aliphatic rings. The van der Waals surface area contributed by atoms with Gasteiger partial charge in [-0.3, -0.25) is 9.71 Å². The molecular weight excluding hydrogens is 314 g/mol. The Kier molecular flexibility index (Phi) is 6.70. The molecule has 1 heterocycles. The summed E-state index contributed by atoms with van der Waals surface area (Å²) in [4.78, 5) is 6.38. The average Bonchev–Trinajstić information content (AvgIpc) is 2.54. The van der Waals surface area contributed by atoms with Gasteiger partial charge >= 0.3 is 0 Å². The van der Waals surface area contributed by atoms with Gasteiger partial charge in [-0.25, -0.2) is 8.42 Å². The highest BCUT2D eigenvalue weighted by molar-refractivity contribution is 7.89. The van der Waals surface area contributed by atoms with Crippen LogP contribution in [0.3, 0.4) is 0 Å². The van der Waals surface area contributed by atoms with Crippen LogP contribution in [0.25, 0.3) is 0 Å². The normalized spacial score (nSPS) is 15.8. The predicted octanol–water partition coefficient (Wildman–Crippen LogP) is 2.02. The summed E-state index contributed by atoms with van der Waals surface area (Å²) >= 11 is 0. The van der Waals surface area contributed by atoms with Crippen LogP contribution in [0.5, 0.6) is 5.75 Å². The molecule has 7 heteroatoms. The Morgan fingerprint density at radius 1 is 1.30 bits per heavy atom. The molecule has 0 unspecified atom stereocenters. The molecule has 0 saturated carbocycles. The van der Waals surface area contributed by atoms with Gasteiger partial charge in [-0.05, 0) is 31.4 Å². The fourth-order valence-corrected chi connectivity index (χ4v) is 2.73. The van der Waals surface area contributed by atoms with Crippen LogP contribution in [0.2, 0.25) is 0 Å². The maximum atomic E-state index is 10.8. The van der Waals surface area contributed by atoms with Crippen molar-refractivity contribution in [1.82, 2.24) is 4.72 Å². The van der Waals surface area contributed by atoms with Gasteiger partial charge in [0.15, 0.2) is 0 Å². The number of sulfonamides is 1. The lowest BCUT2D eigenvalue weighted by Gasteiger charge is -2.29. The lowest BCUT2D eigenvalue weighted by Crippen LogP contribution is -2.29. The third-order valence-electron chi connectivity index (χ3n) is 3.60. The third-order valence-corrected chi connectivity index (χ3v) is 4.13. The minimum absolute atomic E-state index is 0.522. The first-order valence-corrected chi connectivity index (χ1v) is 9.87. The van der Waals surface area contributed by atoms with Crippen LogP contribution >= 0.6 is 0 Å². The van der Waals surface area contributed by atoms with Crippen molar-refractivity contribution in [3.8, 4) is 5.75 Å². The van der Waals surface area contributed by atoms with Crippen molar-refractivity contribution in [3.63, 3.8) is 0 Å². The quantitative estimate of drug-likeness (QED) is 0.447. The molecular formula is C16H25N3O3S. The highest BCUT2D eigenvalue weighted by Crippen LogP contribution is 2.24. The van der Waals surface area contributed by atoms with Crippen LogP contribution in [-0.4, -0.2) is 47.3 Å². The summed E-state index contributed by atoms with van der Waals surface area (Å²) in [5.41, 5.74) is 1.22. The highest BCUT2D eigenvalue weighted by atomic mass is 32.2. The molecule has 2 rings (SSSR count). The van der Waals surface area contributed by atoms with Gasteiger partial charge < -0.3 is 9.64 Å². The molecule has 0 aliphatic carbocycles. The van der Waals surface area contributed by atoms with Gasteiger partial charge in [0, 0.05) is 37.8 Å². The minimum Gasteiger partial charge on any atom is -0.493 e. The zero-order valence-electron chi connectivity index (χ0n) is 13.6. The number of nitrogens with zero attached hydrogens (tertiary/aromatic N) is 2. The third kappa shape index (κ3) is 6.90. The highest BCUT2D eigenvalue weighted by Gasteiger charge is 2.11. The second-order valence-electron chi connectivity index (χ2n) is 5.67. The summed E-state index contributed by atoms with van der Waals surface area (Å²) in [7, 11) is -3.21. The molecule has 1 aromatic carbocycles. The number of anilines is 1. The Labute approximate surface area is 138 Å². The number of rotatable bonds is 8. The van der Waals surface area contributed by atoms with Crippen molar-refractivity contribution in [2.75, 3.05) is 37.4 Å². The number of hydrogen-bond donors (Lipinski definition) is 1. The van der Waals surface area contributed by atoms with Crippen LogP contribution < -0.4 is 14.4 Å². The van der Waals surface area contributed by atoms with Crippen LogP contribution in [-0.2, 0) is 10.0 Å². The van der Waals surface area contributed by atoms with E-state index in [0.717, 1.165) is 31.5 Å². The van der Waals surface area contributed by atoms with Crippen molar-refractivity contribution in [2.45, 2.75) is 25.7 Å². The predicted molar refractivity (Wildman–Crippen MR) is 94.0 cm³/mol. The molecule has 0 spiro atoms. The standard InChI is InChI=1S/C16H25N3O3S/c1-23(20,21)18-14-17-9-6-12-22-16-8-5-7-15(13-16)19-10-3-2-4-11-19/h5,7-8,13-14H,2-4,6,9-12H2,1H3,(H,17,18). The fourth-order valence-electron chi connectivity index (χ4n) is 2.47. The molecule has 1 saturated heterocycles. The summed E-state index contributed by atoms with van der Waals surface area (Å²) in [6.45, 7) is 3.31. The molecule has 0 amide bonds. The van der Waals surface area contributed by atoms with Crippen LogP contribution in [0.15, 0.2) is 29.3 Å².